The van der Waals surface area contributed by atoms with E-state index in [1.165, 1.54) is 0 Å². The minimum Gasteiger partial charge on any atom is -0.486 e. The molecule has 1 aliphatic heterocycles. The molecule has 1 aromatic heterocycles. The first-order valence-electron chi connectivity index (χ1n) is 9.60. The Hall–Kier alpha value is -3.32. The fourth-order valence-electron chi connectivity index (χ4n) is 3.22. The number of fused-ring (bicyclic) bond motifs is 1. The van der Waals surface area contributed by atoms with Crippen LogP contribution in [0.15, 0.2) is 67.0 Å². The van der Waals surface area contributed by atoms with E-state index in [0.29, 0.717) is 32.0 Å². The number of carbonyl (C=O) groups is 1. The highest BCUT2D eigenvalue weighted by Gasteiger charge is 2.21. The number of nitrogens with zero attached hydrogens (tertiary/aromatic N) is 3. The lowest BCUT2D eigenvalue weighted by molar-refractivity contribution is -0.122. The van der Waals surface area contributed by atoms with Gasteiger partial charge in [0, 0.05) is 18.3 Å². The second kappa shape index (κ2) is 8.79. The predicted octanol–water partition coefficient (Wildman–Crippen LogP) is 2.26. The molecule has 1 atom stereocenters. The van der Waals surface area contributed by atoms with Crippen LogP contribution in [0.4, 0.5) is 0 Å². The Kier molecular flexibility index (Phi) is 5.76. The van der Waals surface area contributed by atoms with Gasteiger partial charge in [0.05, 0.1) is 25.0 Å². The van der Waals surface area contributed by atoms with E-state index < -0.39 is 0 Å². The van der Waals surface area contributed by atoms with Crippen LogP contribution < -0.4 is 14.8 Å². The van der Waals surface area contributed by atoms with Gasteiger partial charge in [-0.3, -0.25) is 9.69 Å². The van der Waals surface area contributed by atoms with Gasteiger partial charge < -0.3 is 14.8 Å². The number of amides is 1. The van der Waals surface area contributed by atoms with E-state index in [9.17, 15) is 4.79 Å². The van der Waals surface area contributed by atoms with E-state index >= 15 is 0 Å². The molecule has 1 aliphatic rings. The standard InChI is InChI=1S/C22H24N4O3/c1-25(13-17-11-24-26(14-17)18-7-3-2-4-8-18)15-22(27)23-12-19-16-28-20-9-5-6-10-21(20)29-19/h2-11,14,19H,12-13,15-16H2,1H3,(H,23,27)/t19-/m1/s1. The Bertz CT molecular complexity index is 957. The van der Waals surface area contributed by atoms with E-state index in [2.05, 4.69) is 10.4 Å². The first-order valence-corrected chi connectivity index (χ1v) is 9.60. The van der Waals surface area contributed by atoms with Crippen LogP contribution in [-0.2, 0) is 11.3 Å². The van der Waals surface area contributed by atoms with Crippen molar-refractivity contribution in [3.8, 4) is 17.2 Å². The molecule has 0 saturated carbocycles. The molecule has 0 unspecified atom stereocenters. The molecular weight excluding hydrogens is 368 g/mol. The smallest absolute Gasteiger partial charge is 0.234 e. The largest absolute Gasteiger partial charge is 0.486 e. The number of aromatic nitrogens is 2. The van der Waals surface area contributed by atoms with Crippen molar-refractivity contribution in [1.82, 2.24) is 20.0 Å². The van der Waals surface area contributed by atoms with Crippen molar-refractivity contribution in [3.63, 3.8) is 0 Å². The minimum absolute atomic E-state index is 0.0505. The van der Waals surface area contributed by atoms with Crippen LogP contribution in [0.1, 0.15) is 5.56 Å². The van der Waals surface area contributed by atoms with Crippen LogP contribution in [0.2, 0.25) is 0 Å². The van der Waals surface area contributed by atoms with E-state index in [1.807, 2.05) is 83.6 Å². The zero-order valence-electron chi connectivity index (χ0n) is 16.3. The van der Waals surface area contributed by atoms with Crippen molar-refractivity contribution in [2.45, 2.75) is 12.6 Å². The van der Waals surface area contributed by atoms with Crippen molar-refractivity contribution in [3.05, 3.63) is 72.6 Å². The monoisotopic (exact) mass is 392 g/mol. The first kappa shape index (κ1) is 19.0. The molecule has 150 valence electrons. The lowest BCUT2D eigenvalue weighted by Gasteiger charge is -2.26. The van der Waals surface area contributed by atoms with Crippen LogP contribution in [0.25, 0.3) is 5.69 Å². The summed E-state index contributed by atoms with van der Waals surface area (Å²) in [5, 5.41) is 7.32. The number of ether oxygens (including phenoxy) is 2. The molecule has 0 spiro atoms. The number of hydrogen-bond donors (Lipinski definition) is 1. The van der Waals surface area contributed by atoms with Gasteiger partial charge in [-0.25, -0.2) is 4.68 Å². The molecule has 7 heteroatoms. The van der Waals surface area contributed by atoms with Gasteiger partial charge in [-0.15, -0.1) is 0 Å². The second-order valence-electron chi connectivity index (χ2n) is 7.10. The maximum atomic E-state index is 12.3. The van der Waals surface area contributed by atoms with E-state index in [4.69, 9.17) is 9.47 Å². The van der Waals surface area contributed by atoms with Crippen molar-refractivity contribution >= 4 is 5.91 Å². The fraction of sp³-hybridized carbons (Fsp3) is 0.273. The predicted molar refractivity (Wildman–Crippen MR) is 109 cm³/mol. The minimum atomic E-state index is -0.191. The first-order chi connectivity index (χ1) is 14.2. The fourth-order valence-corrected chi connectivity index (χ4v) is 3.22. The van der Waals surface area contributed by atoms with Gasteiger partial charge in [0.1, 0.15) is 12.7 Å². The quantitative estimate of drug-likeness (QED) is 0.668. The normalized spacial score (nSPS) is 15.3. The summed E-state index contributed by atoms with van der Waals surface area (Å²) in [5.41, 5.74) is 2.06. The van der Waals surface area contributed by atoms with Gasteiger partial charge in [0.25, 0.3) is 0 Å². The van der Waals surface area contributed by atoms with Crippen LogP contribution in [0.3, 0.4) is 0 Å². The SMILES string of the molecule is CN(CC(=O)NC[C@@H]1COc2ccccc2O1)Cc1cnn(-c2ccccc2)c1. The summed E-state index contributed by atoms with van der Waals surface area (Å²) in [7, 11) is 1.91. The molecule has 7 nitrogen and oxygen atoms in total. The lowest BCUT2D eigenvalue weighted by Crippen LogP contribution is -2.43. The third kappa shape index (κ3) is 4.94. The number of para-hydroxylation sites is 3. The topological polar surface area (TPSA) is 68.6 Å². The second-order valence-corrected chi connectivity index (χ2v) is 7.10. The number of nitrogens with one attached hydrogen (secondary N) is 1. The highest BCUT2D eigenvalue weighted by atomic mass is 16.6. The molecule has 4 rings (SSSR count). The number of rotatable bonds is 7. The van der Waals surface area contributed by atoms with Gasteiger partial charge in [-0.05, 0) is 31.3 Å². The maximum Gasteiger partial charge on any atom is 0.234 e. The summed E-state index contributed by atoms with van der Waals surface area (Å²) >= 11 is 0. The molecule has 3 aromatic rings. The number of likely N-dealkylation sites (N-methyl/N-ethyl adjacent to an activating group) is 1. The van der Waals surface area contributed by atoms with Crippen LogP contribution in [0.5, 0.6) is 11.5 Å². The Morgan fingerprint density at radius 1 is 1.17 bits per heavy atom. The van der Waals surface area contributed by atoms with Crippen molar-refractivity contribution in [1.29, 1.82) is 0 Å². The van der Waals surface area contributed by atoms with Crippen molar-refractivity contribution < 1.29 is 14.3 Å². The Labute approximate surface area is 169 Å². The van der Waals surface area contributed by atoms with Crippen LogP contribution in [0, 0.1) is 0 Å². The Morgan fingerprint density at radius 3 is 2.76 bits per heavy atom. The lowest BCUT2D eigenvalue weighted by atomic mass is 10.2. The molecule has 0 aliphatic carbocycles. The average molecular weight is 392 g/mol. The highest BCUT2D eigenvalue weighted by Crippen LogP contribution is 2.30. The van der Waals surface area contributed by atoms with E-state index in [0.717, 1.165) is 17.0 Å². The van der Waals surface area contributed by atoms with Gasteiger partial charge in [0.2, 0.25) is 5.91 Å². The molecule has 1 N–H and O–H groups in total. The van der Waals surface area contributed by atoms with Gasteiger partial charge in [-0.2, -0.15) is 5.10 Å². The molecule has 2 aromatic carbocycles. The summed E-state index contributed by atoms with van der Waals surface area (Å²) < 4.78 is 13.4. The Balaban J connectivity index is 1.23. The molecule has 0 bridgehead atoms. The zero-order chi connectivity index (χ0) is 20.1. The van der Waals surface area contributed by atoms with Crippen molar-refractivity contribution in [2.75, 3.05) is 26.7 Å². The summed E-state index contributed by atoms with van der Waals surface area (Å²) in [4.78, 5) is 14.2. The summed E-state index contributed by atoms with van der Waals surface area (Å²) in [5.74, 6) is 1.40. The summed E-state index contributed by atoms with van der Waals surface area (Å²) in [6.07, 6.45) is 3.61. The third-order valence-electron chi connectivity index (χ3n) is 4.62. The zero-order valence-corrected chi connectivity index (χ0v) is 16.3. The van der Waals surface area contributed by atoms with Crippen LogP contribution >= 0.6 is 0 Å². The van der Waals surface area contributed by atoms with Gasteiger partial charge >= 0.3 is 0 Å². The van der Waals surface area contributed by atoms with Gasteiger partial charge in [-0.1, -0.05) is 30.3 Å². The number of carbonyl (C=O) groups excluding carboxylic acids is 1. The van der Waals surface area contributed by atoms with Gasteiger partial charge in [0.15, 0.2) is 11.5 Å². The molecule has 2 heterocycles. The Morgan fingerprint density at radius 2 is 1.93 bits per heavy atom. The van der Waals surface area contributed by atoms with E-state index in [-0.39, 0.29) is 12.0 Å². The van der Waals surface area contributed by atoms with Crippen LogP contribution in [-0.4, -0.2) is 53.4 Å². The molecule has 0 radical (unpaired) electrons. The van der Waals surface area contributed by atoms with E-state index in [1.54, 1.807) is 0 Å². The third-order valence-corrected chi connectivity index (χ3v) is 4.62. The highest BCUT2D eigenvalue weighted by molar-refractivity contribution is 5.78. The number of hydrogen-bond acceptors (Lipinski definition) is 5. The molecule has 1 amide bonds. The molecular formula is C22H24N4O3. The molecule has 29 heavy (non-hydrogen) atoms. The van der Waals surface area contributed by atoms with Crippen molar-refractivity contribution in [2.24, 2.45) is 0 Å². The molecule has 0 saturated heterocycles. The maximum absolute atomic E-state index is 12.3. The molecule has 0 fully saturated rings. The number of benzene rings is 2. The summed E-state index contributed by atoms with van der Waals surface area (Å²) in [6.45, 7) is 1.76. The summed E-state index contributed by atoms with van der Waals surface area (Å²) in [6, 6.07) is 17.5. The average Bonchev–Trinajstić information content (AvgIpc) is 3.21.